The fourth-order valence-electron chi connectivity index (χ4n) is 4.24. The Morgan fingerprint density at radius 1 is 1.15 bits per heavy atom. The SMILES string of the molecule is CCOc1cc(/C=N/NC(=O)c2c(CN3CCOCC3)nnn2-c2nonc2N)ccc1OCc1ccccc1C. The van der Waals surface area contributed by atoms with Gasteiger partial charge >= 0.3 is 0 Å². The maximum atomic E-state index is 13.3. The number of carbonyl (C=O) groups excluding carboxylic acids is 1. The number of hydrogen-bond acceptors (Lipinski definition) is 12. The molecule has 0 saturated carbocycles. The zero-order chi connectivity index (χ0) is 28.6. The first-order valence-electron chi connectivity index (χ1n) is 13.1. The minimum atomic E-state index is -0.555. The molecule has 0 aliphatic carbocycles. The van der Waals surface area contributed by atoms with Crippen LogP contribution in [0, 0.1) is 6.92 Å². The number of nitrogens with two attached hydrogens (primary N) is 1. The Morgan fingerprint density at radius 2 is 1.98 bits per heavy atom. The molecule has 1 saturated heterocycles. The van der Waals surface area contributed by atoms with Gasteiger partial charge in [-0.3, -0.25) is 9.69 Å². The third-order valence-corrected chi connectivity index (χ3v) is 6.42. The smallest absolute Gasteiger partial charge is 0.292 e. The zero-order valence-electron chi connectivity index (χ0n) is 22.8. The fourth-order valence-corrected chi connectivity index (χ4v) is 4.24. The van der Waals surface area contributed by atoms with Crippen LogP contribution in [0.25, 0.3) is 5.82 Å². The lowest BCUT2D eigenvalue weighted by Crippen LogP contribution is -2.36. The van der Waals surface area contributed by atoms with Crippen molar-refractivity contribution in [3.63, 3.8) is 0 Å². The van der Waals surface area contributed by atoms with Gasteiger partial charge in [-0.1, -0.05) is 29.5 Å². The molecule has 0 unspecified atom stereocenters. The summed E-state index contributed by atoms with van der Waals surface area (Å²) in [4.78, 5) is 15.4. The Hall–Kier alpha value is -4.82. The molecule has 3 N–H and O–H groups in total. The molecule has 0 spiro atoms. The van der Waals surface area contributed by atoms with Crippen molar-refractivity contribution in [3.05, 3.63) is 70.5 Å². The third-order valence-electron chi connectivity index (χ3n) is 6.42. The van der Waals surface area contributed by atoms with Gasteiger partial charge in [-0.2, -0.15) is 9.78 Å². The Morgan fingerprint density at radius 3 is 2.73 bits per heavy atom. The molecule has 41 heavy (non-hydrogen) atoms. The summed E-state index contributed by atoms with van der Waals surface area (Å²) in [5.41, 5.74) is 11.9. The van der Waals surface area contributed by atoms with Crippen molar-refractivity contribution in [1.82, 2.24) is 35.6 Å². The highest BCUT2D eigenvalue weighted by Gasteiger charge is 2.26. The normalized spacial score (nSPS) is 13.9. The zero-order valence-corrected chi connectivity index (χ0v) is 22.8. The van der Waals surface area contributed by atoms with Crippen LogP contribution in [0.3, 0.4) is 0 Å². The van der Waals surface area contributed by atoms with Gasteiger partial charge < -0.3 is 19.9 Å². The quantitative estimate of drug-likeness (QED) is 0.203. The summed E-state index contributed by atoms with van der Waals surface area (Å²) in [6, 6.07) is 13.5. The van der Waals surface area contributed by atoms with Crippen molar-refractivity contribution < 1.29 is 23.6 Å². The molecule has 3 heterocycles. The summed E-state index contributed by atoms with van der Waals surface area (Å²) in [6.07, 6.45) is 1.51. The first-order valence-corrected chi connectivity index (χ1v) is 13.1. The maximum Gasteiger partial charge on any atom is 0.292 e. The number of hydrogen-bond donors (Lipinski definition) is 2. The number of rotatable bonds is 11. The van der Waals surface area contributed by atoms with Crippen molar-refractivity contribution in [3.8, 4) is 17.3 Å². The summed E-state index contributed by atoms with van der Waals surface area (Å²) in [5.74, 6) is 0.652. The van der Waals surface area contributed by atoms with Crippen LogP contribution in [-0.2, 0) is 17.9 Å². The van der Waals surface area contributed by atoms with Gasteiger partial charge in [0.2, 0.25) is 11.6 Å². The van der Waals surface area contributed by atoms with Crippen molar-refractivity contribution in [2.75, 3.05) is 38.6 Å². The highest BCUT2D eigenvalue weighted by atomic mass is 16.6. The van der Waals surface area contributed by atoms with Gasteiger partial charge in [0, 0.05) is 19.6 Å². The molecule has 4 aromatic rings. The van der Waals surface area contributed by atoms with E-state index >= 15 is 0 Å². The minimum absolute atomic E-state index is 0.0291. The topological polar surface area (TPSA) is 168 Å². The Bertz CT molecular complexity index is 1510. The monoisotopic (exact) mass is 561 g/mol. The Balaban J connectivity index is 1.31. The predicted molar refractivity (Wildman–Crippen MR) is 148 cm³/mol. The molecule has 14 heteroatoms. The van der Waals surface area contributed by atoms with Gasteiger partial charge in [-0.05, 0) is 59.1 Å². The van der Waals surface area contributed by atoms with Crippen LogP contribution in [0.2, 0.25) is 0 Å². The first-order chi connectivity index (χ1) is 20.0. The molecule has 0 radical (unpaired) electrons. The minimum Gasteiger partial charge on any atom is -0.490 e. The number of morpholine rings is 1. The number of nitrogens with one attached hydrogen (secondary N) is 1. The van der Waals surface area contributed by atoms with E-state index in [1.807, 2.05) is 50.2 Å². The molecule has 14 nitrogen and oxygen atoms in total. The van der Waals surface area contributed by atoms with Gasteiger partial charge in [-0.25, -0.2) is 10.1 Å². The number of hydrazone groups is 1. The van der Waals surface area contributed by atoms with E-state index in [2.05, 4.69) is 36.1 Å². The lowest BCUT2D eigenvalue weighted by atomic mass is 10.1. The summed E-state index contributed by atoms with van der Waals surface area (Å²) < 4.78 is 23.1. The third kappa shape index (κ3) is 6.67. The predicted octanol–water partition coefficient (Wildman–Crippen LogP) is 2.11. The number of carbonyl (C=O) groups is 1. The van der Waals surface area contributed by atoms with E-state index in [9.17, 15) is 4.79 Å². The molecular weight excluding hydrogens is 530 g/mol. The fraction of sp³-hybridized carbons (Fsp3) is 0.333. The number of anilines is 1. The van der Waals surface area contributed by atoms with Crippen LogP contribution >= 0.6 is 0 Å². The van der Waals surface area contributed by atoms with Crippen molar-refractivity contribution >= 4 is 17.9 Å². The van der Waals surface area contributed by atoms with Gasteiger partial charge in [0.05, 0.1) is 26.0 Å². The van der Waals surface area contributed by atoms with Crippen molar-refractivity contribution in [2.45, 2.75) is 27.0 Å². The second kappa shape index (κ2) is 13.0. The Labute approximate surface area is 236 Å². The summed E-state index contributed by atoms with van der Waals surface area (Å²) in [6.45, 7) is 7.79. The van der Waals surface area contributed by atoms with E-state index in [-0.39, 0.29) is 17.3 Å². The molecule has 5 rings (SSSR count). The van der Waals surface area contributed by atoms with Gasteiger partial charge in [0.25, 0.3) is 5.91 Å². The second-order valence-electron chi connectivity index (χ2n) is 9.21. The standard InChI is InChI=1S/C27H31N9O5/c1-3-39-23-14-19(8-9-22(23)40-17-20-7-5-4-6-18(20)2)15-29-31-27(37)24-21(16-35-10-12-38-13-11-35)30-34-36(24)26-25(28)32-41-33-26/h4-9,14-15H,3,10-13,16-17H2,1-2H3,(H2,28,32)(H,31,37)/b29-15+. The lowest BCUT2D eigenvalue weighted by molar-refractivity contribution is 0.0335. The molecule has 1 aliphatic heterocycles. The highest BCUT2D eigenvalue weighted by molar-refractivity contribution is 5.95. The number of nitrogens with zero attached hydrogens (tertiary/aromatic N) is 7. The number of aryl methyl sites for hydroxylation is 1. The molecule has 0 atom stereocenters. The van der Waals surface area contributed by atoms with Gasteiger partial charge in [-0.15, -0.1) is 5.10 Å². The average Bonchev–Trinajstić information content (AvgIpc) is 3.59. The second-order valence-corrected chi connectivity index (χ2v) is 9.21. The molecular formula is C27H31N9O5. The molecule has 1 fully saturated rings. The number of ether oxygens (including phenoxy) is 3. The maximum absolute atomic E-state index is 13.3. The van der Waals surface area contributed by atoms with E-state index < -0.39 is 5.91 Å². The summed E-state index contributed by atoms with van der Waals surface area (Å²) in [5, 5.41) is 19.8. The van der Waals surface area contributed by atoms with Crippen LogP contribution in [0.4, 0.5) is 5.82 Å². The summed E-state index contributed by atoms with van der Waals surface area (Å²) >= 11 is 0. The number of aromatic nitrogens is 5. The molecule has 2 aromatic carbocycles. The molecule has 2 aromatic heterocycles. The number of benzene rings is 2. The van der Waals surface area contributed by atoms with E-state index in [1.165, 1.54) is 10.9 Å². The van der Waals surface area contributed by atoms with E-state index in [0.717, 1.165) is 11.1 Å². The van der Waals surface area contributed by atoms with Crippen molar-refractivity contribution in [2.24, 2.45) is 5.10 Å². The van der Waals surface area contributed by atoms with Crippen molar-refractivity contribution in [1.29, 1.82) is 0 Å². The average molecular weight is 562 g/mol. The van der Waals surface area contributed by atoms with Crippen LogP contribution in [-0.4, -0.2) is 75.2 Å². The van der Waals surface area contributed by atoms with Crippen LogP contribution in [0.1, 0.15) is 39.8 Å². The molecule has 0 bridgehead atoms. The highest BCUT2D eigenvalue weighted by Crippen LogP contribution is 2.29. The first kappa shape index (κ1) is 27.7. The lowest BCUT2D eigenvalue weighted by Gasteiger charge is -2.25. The van der Waals surface area contributed by atoms with E-state index in [1.54, 1.807) is 6.07 Å². The number of amides is 1. The van der Waals surface area contributed by atoms with E-state index in [0.29, 0.717) is 68.8 Å². The summed E-state index contributed by atoms with van der Waals surface area (Å²) in [7, 11) is 0. The van der Waals surface area contributed by atoms with Crippen LogP contribution in [0.15, 0.2) is 52.2 Å². The van der Waals surface area contributed by atoms with E-state index in [4.69, 9.17) is 24.6 Å². The molecule has 214 valence electrons. The number of nitrogen functional groups attached to an aromatic ring is 1. The van der Waals surface area contributed by atoms with Gasteiger partial charge in [0.1, 0.15) is 12.3 Å². The van der Waals surface area contributed by atoms with Crippen LogP contribution < -0.4 is 20.6 Å². The molecule has 1 aliphatic rings. The van der Waals surface area contributed by atoms with Crippen LogP contribution in [0.5, 0.6) is 11.5 Å². The molecule has 1 amide bonds. The largest absolute Gasteiger partial charge is 0.490 e. The van der Waals surface area contributed by atoms with Gasteiger partial charge in [0.15, 0.2) is 17.2 Å². The Kier molecular flexibility index (Phi) is 8.81.